The number of allylic oxidation sites excluding steroid dienone is 2. The molecule has 5 rings (SSSR count). The average molecular weight is 376 g/mol. The summed E-state index contributed by atoms with van der Waals surface area (Å²) in [5.41, 5.74) is 3.83. The summed E-state index contributed by atoms with van der Waals surface area (Å²) in [7, 11) is 1.86. The second-order valence-electron chi connectivity index (χ2n) is 8.08. The highest BCUT2D eigenvalue weighted by molar-refractivity contribution is 5.96. The van der Waals surface area contributed by atoms with Crippen molar-refractivity contribution in [2.75, 3.05) is 13.1 Å². The molecule has 1 aliphatic carbocycles. The molecule has 2 bridgehead atoms. The number of piperazine rings is 1. The normalized spacial score (nSPS) is 23.4. The zero-order valence-corrected chi connectivity index (χ0v) is 16.0. The number of hydrogen-bond acceptors (Lipinski definition) is 3. The molecular formula is C22H24N4O2. The first kappa shape index (κ1) is 17.2. The zero-order valence-electron chi connectivity index (χ0n) is 16.0. The zero-order chi connectivity index (χ0) is 19.3. The molecule has 28 heavy (non-hydrogen) atoms. The van der Waals surface area contributed by atoms with Crippen molar-refractivity contribution in [1.29, 1.82) is 0 Å². The summed E-state index contributed by atoms with van der Waals surface area (Å²) >= 11 is 0. The number of carbonyl (C=O) groups is 2. The summed E-state index contributed by atoms with van der Waals surface area (Å²) in [5.74, 6) is 0.0405. The van der Waals surface area contributed by atoms with E-state index in [9.17, 15) is 9.59 Å². The summed E-state index contributed by atoms with van der Waals surface area (Å²) in [5, 5.41) is 0. The highest BCUT2D eigenvalue weighted by atomic mass is 16.2. The Morgan fingerprint density at radius 3 is 2.32 bits per heavy atom. The largest absolute Gasteiger partial charge is 0.340 e. The molecule has 0 N–H and O–H groups in total. The second kappa shape index (κ2) is 6.62. The van der Waals surface area contributed by atoms with Crippen molar-refractivity contribution in [3.05, 3.63) is 59.7 Å². The number of fused-ring (bicyclic) bond motifs is 2. The van der Waals surface area contributed by atoms with Gasteiger partial charge < -0.3 is 14.4 Å². The number of imidazole rings is 1. The van der Waals surface area contributed by atoms with E-state index < -0.39 is 0 Å². The third-order valence-electron chi connectivity index (χ3n) is 6.23. The molecule has 0 spiro atoms. The van der Waals surface area contributed by atoms with Crippen molar-refractivity contribution in [3.63, 3.8) is 0 Å². The molecule has 2 aromatic rings. The summed E-state index contributed by atoms with van der Waals surface area (Å²) in [6.45, 7) is 1.20. The van der Waals surface area contributed by atoms with Gasteiger partial charge >= 0.3 is 0 Å². The fourth-order valence-corrected chi connectivity index (χ4v) is 4.76. The maximum absolute atomic E-state index is 13.0. The Balaban J connectivity index is 1.26. The molecule has 3 heterocycles. The first-order chi connectivity index (χ1) is 13.6. The minimum atomic E-state index is -0.0330. The molecule has 2 aliphatic heterocycles. The molecule has 0 radical (unpaired) electrons. The van der Waals surface area contributed by atoms with Gasteiger partial charge in [-0.3, -0.25) is 9.59 Å². The highest BCUT2D eigenvalue weighted by Gasteiger charge is 2.47. The van der Waals surface area contributed by atoms with Crippen molar-refractivity contribution in [2.45, 2.75) is 37.8 Å². The molecule has 144 valence electrons. The molecular weight excluding hydrogens is 352 g/mol. The Morgan fingerprint density at radius 2 is 1.75 bits per heavy atom. The number of nitrogens with zero attached hydrogens (tertiary/aromatic N) is 4. The number of aryl methyl sites for hydroxylation is 1. The van der Waals surface area contributed by atoms with Gasteiger partial charge in [0.15, 0.2) is 0 Å². The van der Waals surface area contributed by atoms with Crippen molar-refractivity contribution in [3.8, 4) is 0 Å². The number of hydrogen-bond donors (Lipinski definition) is 0. The molecule has 0 unspecified atom stereocenters. The van der Waals surface area contributed by atoms with Gasteiger partial charge in [-0.25, -0.2) is 4.98 Å². The molecule has 0 saturated carbocycles. The van der Waals surface area contributed by atoms with Crippen molar-refractivity contribution in [2.24, 2.45) is 7.05 Å². The van der Waals surface area contributed by atoms with Crippen LogP contribution in [0.5, 0.6) is 0 Å². The molecule has 3 aliphatic rings. The van der Waals surface area contributed by atoms with Crippen LogP contribution >= 0.6 is 0 Å². The molecule has 1 aromatic heterocycles. The van der Waals surface area contributed by atoms with E-state index in [1.807, 2.05) is 29.0 Å². The number of likely N-dealkylation sites (tertiary alicyclic amines) is 2. The lowest BCUT2D eigenvalue weighted by molar-refractivity contribution is 0.0523. The Kier molecular flexibility index (Phi) is 4.07. The Hall–Kier alpha value is -2.89. The third kappa shape index (κ3) is 2.84. The van der Waals surface area contributed by atoms with Gasteiger partial charge in [-0.15, -0.1) is 0 Å². The van der Waals surface area contributed by atoms with E-state index in [4.69, 9.17) is 0 Å². The Bertz CT molecular complexity index is 959. The van der Waals surface area contributed by atoms with Crippen molar-refractivity contribution in [1.82, 2.24) is 19.4 Å². The number of rotatable bonds is 3. The lowest BCUT2D eigenvalue weighted by Gasteiger charge is -2.34. The maximum Gasteiger partial charge on any atom is 0.274 e. The maximum atomic E-state index is 13.0. The number of carbonyl (C=O) groups excluding carboxylic acids is 2. The summed E-state index contributed by atoms with van der Waals surface area (Å²) in [6, 6.07) is 8.21. The SMILES string of the molecule is Cn1cnc(C(=O)N2C[C@@H]3C[C@H]2CN3C(=O)c2ccc(C3=CCCC3)cc2)c1. The van der Waals surface area contributed by atoms with Gasteiger partial charge in [0.2, 0.25) is 0 Å². The monoisotopic (exact) mass is 376 g/mol. The topological polar surface area (TPSA) is 58.4 Å². The smallest absolute Gasteiger partial charge is 0.274 e. The van der Waals surface area contributed by atoms with Crippen LogP contribution in [0.1, 0.15) is 52.1 Å². The quantitative estimate of drug-likeness (QED) is 0.828. The van der Waals surface area contributed by atoms with Crippen LogP contribution in [0.4, 0.5) is 0 Å². The van der Waals surface area contributed by atoms with Crippen LogP contribution in [0.15, 0.2) is 42.9 Å². The first-order valence-electron chi connectivity index (χ1n) is 9.99. The lowest BCUT2D eigenvalue weighted by atomic mass is 10.0. The first-order valence-corrected chi connectivity index (χ1v) is 9.99. The summed E-state index contributed by atoms with van der Waals surface area (Å²) in [6.07, 6.45) is 10.0. The minimum Gasteiger partial charge on any atom is -0.340 e. The van der Waals surface area contributed by atoms with Gasteiger partial charge in [0.1, 0.15) is 5.69 Å². The van der Waals surface area contributed by atoms with Gasteiger partial charge in [0.05, 0.1) is 18.4 Å². The van der Waals surface area contributed by atoms with E-state index >= 15 is 0 Å². The molecule has 1 aromatic carbocycles. The highest BCUT2D eigenvalue weighted by Crippen LogP contribution is 2.33. The van der Waals surface area contributed by atoms with E-state index in [0.717, 1.165) is 24.8 Å². The second-order valence-corrected chi connectivity index (χ2v) is 8.08. The Labute approximate surface area is 164 Å². The summed E-state index contributed by atoms with van der Waals surface area (Å²) < 4.78 is 1.78. The molecule has 2 saturated heterocycles. The molecule has 6 nitrogen and oxygen atoms in total. The number of benzene rings is 1. The van der Waals surface area contributed by atoms with E-state index in [1.165, 1.54) is 17.6 Å². The van der Waals surface area contributed by atoms with Crippen molar-refractivity contribution < 1.29 is 9.59 Å². The third-order valence-corrected chi connectivity index (χ3v) is 6.23. The van der Waals surface area contributed by atoms with Gasteiger partial charge in [-0.1, -0.05) is 18.2 Å². The predicted molar refractivity (Wildman–Crippen MR) is 106 cm³/mol. The van der Waals surface area contributed by atoms with E-state index in [0.29, 0.717) is 18.8 Å². The van der Waals surface area contributed by atoms with Crippen LogP contribution in [0, 0.1) is 0 Å². The van der Waals surface area contributed by atoms with Gasteiger partial charge in [-0.2, -0.15) is 0 Å². The van der Waals surface area contributed by atoms with Crippen LogP contribution in [-0.2, 0) is 7.05 Å². The van der Waals surface area contributed by atoms with Gasteiger partial charge in [0.25, 0.3) is 11.8 Å². The van der Waals surface area contributed by atoms with Gasteiger partial charge in [0, 0.05) is 31.9 Å². The molecule has 2 atom stereocenters. The van der Waals surface area contributed by atoms with Crippen molar-refractivity contribution >= 4 is 17.4 Å². The van der Waals surface area contributed by atoms with E-state index in [1.54, 1.807) is 17.1 Å². The fraction of sp³-hybridized carbons (Fsp3) is 0.409. The van der Waals surface area contributed by atoms with Crippen LogP contribution in [0.2, 0.25) is 0 Å². The average Bonchev–Trinajstić information content (AvgIpc) is 3.50. The minimum absolute atomic E-state index is 0.0330. The van der Waals surface area contributed by atoms with Crippen LogP contribution in [-0.4, -0.2) is 56.3 Å². The number of amides is 2. The lowest BCUT2D eigenvalue weighted by Crippen LogP contribution is -2.50. The van der Waals surface area contributed by atoms with Crippen LogP contribution in [0.25, 0.3) is 5.57 Å². The molecule has 6 heteroatoms. The van der Waals surface area contributed by atoms with Gasteiger partial charge in [-0.05, 0) is 49.0 Å². The molecule has 2 fully saturated rings. The summed E-state index contributed by atoms with van der Waals surface area (Å²) in [4.78, 5) is 33.7. The fourth-order valence-electron chi connectivity index (χ4n) is 4.76. The number of aromatic nitrogens is 2. The Morgan fingerprint density at radius 1 is 1.04 bits per heavy atom. The van der Waals surface area contributed by atoms with Crippen LogP contribution in [0.3, 0.4) is 0 Å². The standard InChI is InChI=1S/C22H24N4O2/c1-24-13-20(23-14-24)22(28)26-12-18-10-19(26)11-25(18)21(27)17-8-6-16(7-9-17)15-4-2-3-5-15/h4,6-9,13-14,18-19H,2-3,5,10-12H2,1H3/t18-,19-/m0/s1. The van der Waals surface area contributed by atoms with Crippen LogP contribution < -0.4 is 0 Å². The van der Waals surface area contributed by atoms with E-state index in [-0.39, 0.29) is 23.9 Å². The van der Waals surface area contributed by atoms with E-state index in [2.05, 4.69) is 23.2 Å². The molecule has 2 amide bonds. The predicted octanol–water partition coefficient (Wildman–Crippen LogP) is 2.73.